The van der Waals surface area contributed by atoms with Crippen molar-refractivity contribution in [1.29, 1.82) is 0 Å². The molecule has 0 aromatic heterocycles. The van der Waals surface area contributed by atoms with Crippen LogP contribution in [0.4, 0.5) is 0 Å². The molecule has 0 saturated heterocycles. The number of hydrogen-bond donors (Lipinski definition) is 3. The summed E-state index contributed by atoms with van der Waals surface area (Å²) in [6.07, 6.45) is 0. The van der Waals surface area contributed by atoms with E-state index in [1.54, 1.807) is 42.5 Å². The van der Waals surface area contributed by atoms with E-state index < -0.39 is 11.9 Å². The Morgan fingerprint density at radius 1 is 0.692 bits per heavy atom. The third-order valence-electron chi connectivity index (χ3n) is 4.13. The second kappa shape index (κ2) is 7.21. The Morgan fingerprint density at radius 2 is 1.35 bits per heavy atom. The molecule has 0 aliphatic heterocycles. The van der Waals surface area contributed by atoms with Crippen molar-refractivity contribution in [3.05, 3.63) is 83.4 Å². The number of carbonyl (C=O) groups is 2. The summed E-state index contributed by atoms with van der Waals surface area (Å²) in [4.78, 5) is 22.4. The Bertz CT molecular complexity index is 974. The normalized spacial score (nSPS) is 10.5. The molecule has 0 unspecified atom stereocenters. The van der Waals surface area contributed by atoms with Crippen LogP contribution in [0.1, 0.15) is 26.3 Å². The number of benzene rings is 3. The Labute approximate surface area is 149 Å². The van der Waals surface area contributed by atoms with Crippen LogP contribution in [0.3, 0.4) is 0 Å². The highest BCUT2D eigenvalue weighted by molar-refractivity contribution is 5.94. The number of aliphatic hydroxyl groups excluding tert-OH is 1. The maximum absolute atomic E-state index is 11.4. The van der Waals surface area contributed by atoms with Gasteiger partial charge in [-0.25, -0.2) is 9.59 Å². The molecule has 5 nitrogen and oxygen atoms in total. The molecule has 0 saturated carbocycles. The number of carboxylic acids is 2. The van der Waals surface area contributed by atoms with Gasteiger partial charge in [-0.2, -0.15) is 0 Å². The number of aliphatic hydroxyl groups is 1. The number of rotatable bonds is 5. The minimum Gasteiger partial charge on any atom is -0.478 e. The standard InChI is InChI=1S/C21H16O5/c22-12-13-2-1-3-16(10-13)19-11-17(21(25)26)8-9-18(19)14-4-6-15(7-5-14)20(23)24/h1-11,22H,12H2,(H,23,24)(H,25,26). The van der Waals surface area contributed by atoms with Crippen LogP contribution in [0.2, 0.25) is 0 Å². The van der Waals surface area contributed by atoms with E-state index in [0.29, 0.717) is 5.56 Å². The van der Waals surface area contributed by atoms with Crippen LogP contribution >= 0.6 is 0 Å². The summed E-state index contributed by atoms with van der Waals surface area (Å²) in [7, 11) is 0. The van der Waals surface area contributed by atoms with Crippen molar-refractivity contribution in [2.45, 2.75) is 6.61 Å². The zero-order valence-corrected chi connectivity index (χ0v) is 13.7. The molecule has 3 N–H and O–H groups in total. The number of hydrogen-bond acceptors (Lipinski definition) is 3. The van der Waals surface area contributed by atoms with Crippen LogP contribution in [-0.2, 0) is 6.61 Å². The lowest BCUT2D eigenvalue weighted by Gasteiger charge is -2.13. The monoisotopic (exact) mass is 348 g/mol. The lowest BCUT2D eigenvalue weighted by molar-refractivity contribution is 0.0686. The van der Waals surface area contributed by atoms with Crippen molar-refractivity contribution in [1.82, 2.24) is 0 Å². The summed E-state index contributed by atoms with van der Waals surface area (Å²) in [5.41, 5.74) is 4.08. The van der Waals surface area contributed by atoms with Crippen LogP contribution < -0.4 is 0 Å². The molecular weight excluding hydrogens is 332 g/mol. The first-order valence-electron chi connectivity index (χ1n) is 7.91. The minimum absolute atomic E-state index is 0.116. The molecular formula is C21H16O5. The Hall–Kier alpha value is -3.44. The maximum Gasteiger partial charge on any atom is 0.335 e. The zero-order chi connectivity index (χ0) is 18.7. The molecule has 0 aliphatic rings. The predicted molar refractivity (Wildman–Crippen MR) is 97.2 cm³/mol. The van der Waals surface area contributed by atoms with Crippen LogP contribution in [0, 0.1) is 0 Å². The highest BCUT2D eigenvalue weighted by Crippen LogP contribution is 2.33. The van der Waals surface area contributed by atoms with Crippen LogP contribution in [-0.4, -0.2) is 27.3 Å². The molecule has 0 aliphatic carbocycles. The average molecular weight is 348 g/mol. The van der Waals surface area contributed by atoms with Gasteiger partial charge < -0.3 is 15.3 Å². The molecule has 0 spiro atoms. The Balaban J connectivity index is 2.18. The highest BCUT2D eigenvalue weighted by atomic mass is 16.4. The van der Waals surface area contributed by atoms with Crippen LogP contribution in [0.5, 0.6) is 0 Å². The van der Waals surface area contributed by atoms with Gasteiger partial charge in [0.1, 0.15) is 0 Å². The van der Waals surface area contributed by atoms with E-state index in [0.717, 1.165) is 22.3 Å². The van der Waals surface area contributed by atoms with Crippen molar-refractivity contribution in [2.75, 3.05) is 0 Å². The quantitative estimate of drug-likeness (QED) is 0.650. The summed E-state index contributed by atoms with van der Waals surface area (Å²) in [5.74, 6) is -2.04. The fourth-order valence-corrected chi connectivity index (χ4v) is 2.80. The first-order valence-corrected chi connectivity index (χ1v) is 7.91. The van der Waals surface area contributed by atoms with Gasteiger partial charge in [-0.3, -0.25) is 0 Å². The fraction of sp³-hybridized carbons (Fsp3) is 0.0476. The third-order valence-corrected chi connectivity index (χ3v) is 4.13. The van der Waals surface area contributed by atoms with Gasteiger partial charge in [0.15, 0.2) is 0 Å². The van der Waals surface area contributed by atoms with E-state index in [1.165, 1.54) is 18.2 Å². The van der Waals surface area contributed by atoms with E-state index in [4.69, 9.17) is 5.11 Å². The average Bonchev–Trinajstić information content (AvgIpc) is 2.67. The fourth-order valence-electron chi connectivity index (χ4n) is 2.80. The molecule has 0 atom stereocenters. The number of aromatic carboxylic acids is 2. The second-order valence-electron chi connectivity index (χ2n) is 5.81. The lowest BCUT2D eigenvalue weighted by atomic mass is 9.91. The zero-order valence-electron chi connectivity index (χ0n) is 13.7. The van der Waals surface area contributed by atoms with E-state index in [1.807, 2.05) is 6.07 Å². The summed E-state index contributed by atoms with van der Waals surface area (Å²) in [6, 6.07) is 18.4. The van der Waals surface area contributed by atoms with Gasteiger partial charge in [-0.05, 0) is 58.1 Å². The third kappa shape index (κ3) is 3.48. The van der Waals surface area contributed by atoms with E-state index in [9.17, 15) is 19.8 Å². The highest BCUT2D eigenvalue weighted by Gasteiger charge is 2.13. The molecule has 3 rings (SSSR count). The minimum atomic E-state index is -1.03. The Kier molecular flexibility index (Phi) is 4.82. The molecule has 0 radical (unpaired) electrons. The topological polar surface area (TPSA) is 94.8 Å². The van der Waals surface area contributed by atoms with Crippen molar-refractivity contribution in [2.24, 2.45) is 0 Å². The molecule has 0 bridgehead atoms. The first kappa shape index (κ1) is 17.4. The molecule has 26 heavy (non-hydrogen) atoms. The SMILES string of the molecule is O=C(O)c1ccc(-c2ccc(C(=O)O)cc2-c2cccc(CO)c2)cc1. The van der Waals surface area contributed by atoms with Crippen LogP contribution in [0.25, 0.3) is 22.3 Å². The molecule has 0 amide bonds. The van der Waals surface area contributed by atoms with Crippen LogP contribution in [0.15, 0.2) is 66.7 Å². The summed E-state index contributed by atoms with van der Waals surface area (Å²) in [6.45, 7) is -0.116. The molecule has 3 aromatic carbocycles. The second-order valence-corrected chi connectivity index (χ2v) is 5.81. The van der Waals surface area contributed by atoms with Gasteiger partial charge >= 0.3 is 11.9 Å². The van der Waals surface area contributed by atoms with Gasteiger partial charge in [0.2, 0.25) is 0 Å². The lowest BCUT2D eigenvalue weighted by Crippen LogP contribution is -1.98. The molecule has 0 heterocycles. The van der Waals surface area contributed by atoms with Gasteiger partial charge in [-0.15, -0.1) is 0 Å². The summed E-state index contributed by atoms with van der Waals surface area (Å²) >= 11 is 0. The smallest absolute Gasteiger partial charge is 0.335 e. The predicted octanol–water partition coefficient (Wildman–Crippen LogP) is 3.91. The van der Waals surface area contributed by atoms with E-state index >= 15 is 0 Å². The molecule has 5 heteroatoms. The van der Waals surface area contributed by atoms with Crippen molar-refractivity contribution < 1.29 is 24.9 Å². The van der Waals surface area contributed by atoms with Gasteiger partial charge in [0.05, 0.1) is 17.7 Å². The van der Waals surface area contributed by atoms with Crippen molar-refractivity contribution >= 4 is 11.9 Å². The largest absolute Gasteiger partial charge is 0.478 e. The Morgan fingerprint density at radius 3 is 1.96 bits per heavy atom. The maximum atomic E-state index is 11.4. The van der Waals surface area contributed by atoms with Crippen molar-refractivity contribution in [3.63, 3.8) is 0 Å². The van der Waals surface area contributed by atoms with E-state index in [2.05, 4.69) is 0 Å². The first-order chi connectivity index (χ1) is 12.5. The molecule has 130 valence electrons. The van der Waals surface area contributed by atoms with Crippen molar-refractivity contribution in [3.8, 4) is 22.3 Å². The number of carboxylic acid groups (broad SMARTS) is 2. The molecule has 0 fully saturated rings. The van der Waals surface area contributed by atoms with Gasteiger partial charge in [0.25, 0.3) is 0 Å². The molecule has 3 aromatic rings. The van der Waals surface area contributed by atoms with Gasteiger partial charge in [0, 0.05) is 0 Å². The summed E-state index contributed by atoms with van der Waals surface area (Å²) < 4.78 is 0. The summed E-state index contributed by atoms with van der Waals surface area (Å²) in [5, 5.41) is 27.7. The van der Waals surface area contributed by atoms with Gasteiger partial charge in [-0.1, -0.05) is 36.4 Å². The van der Waals surface area contributed by atoms with E-state index in [-0.39, 0.29) is 17.7 Å².